The maximum absolute atomic E-state index is 12.5. The number of pyridine rings is 1. The quantitative estimate of drug-likeness (QED) is 0.610. The minimum atomic E-state index is -1.78. The molecule has 1 aromatic carbocycles. The Morgan fingerprint density at radius 3 is 2.30 bits per heavy atom. The third-order valence-corrected chi connectivity index (χ3v) is 9.67. The smallest absolute Gasteiger partial charge is 0.335 e. The number of hydrogen-bond acceptors (Lipinski definition) is 3. The summed E-state index contributed by atoms with van der Waals surface area (Å²) in [4.78, 5) is 18.0. The summed E-state index contributed by atoms with van der Waals surface area (Å²) in [7, 11) is -1.78. The van der Waals surface area contributed by atoms with E-state index in [4.69, 9.17) is 17.1 Å². The SMILES string of the molecule is C[C@H](C(=O)On1ccccc1=S)[C@H](C)[Si](C)(C)c1ccccc1. The summed E-state index contributed by atoms with van der Waals surface area (Å²) in [5.41, 5.74) is 0.246. The van der Waals surface area contributed by atoms with Crippen LogP contribution in [0, 0.1) is 10.6 Å². The molecule has 1 heterocycles. The van der Waals surface area contributed by atoms with Gasteiger partial charge in [-0.3, -0.25) is 0 Å². The second-order valence-corrected chi connectivity index (χ2v) is 11.8. The van der Waals surface area contributed by atoms with Gasteiger partial charge in [-0.1, -0.05) is 80.7 Å². The fourth-order valence-electron chi connectivity index (χ4n) is 2.63. The molecule has 0 N–H and O–H groups in total. The number of benzene rings is 1. The van der Waals surface area contributed by atoms with Crippen LogP contribution < -0.4 is 10.0 Å². The first kappa shape index (κ1) is 17.6. The van der Waals surface area contributed by atoms with Crippen LogP contribution in [-0.4, -0.2) is 18.8 Å². The van der Waals surface area contributed by atoms with Crippen molar-refractivity contribution in [3.05, 3.63) is 59.4 Å². The highest BCUT2D eigenvalue weighted by molar-refractivity contribution is 7.71. The molecule has 0 aliphatic rings. The van der Waals surface area contributed by atoms with E-state index in [0.717, 1.165) is 0 Å². The highest BCUT2D eigenvalue weighted by Crippen LogP contribution is 2.29. The Kier molecular flexibility index (Phi) is 5.54. The standard InChI is InChI=1S/C18H23NO2SSi/c1-14(18(20)21-19-13-9-8-12-17(19)22)15(2)23(3,4)16-10-6-5-7-11-16/h5-15H,1-4H3/t14-,15-/m0/s1. The van der Waals surface area contributed by atoms with E-state index in [1.165, 1.54) is 9.92 Å². The molecule has 122 valence electrons. The summed E-state index contributed by atoms with van der Waals surface area (Å²) in [6.07, 6.45) is 1.66. The second-order valence-electron chi connectivity index (χ2n) is 6.44. The maximum Gasteiger partial charge on any atom is 0.335 e. The summed E-state index contributed by atoms with van der Waals surface area (Å²) in [5, 5.41) is 1.35. The summed E-state index contributed by atoms with van der Waals surface area (Å²) >= 11 is 5.17. The predicted octanol–water partition coefficient (Wildman–Crippen LogP) is 3.81. The van der Waals surface area contributed by atoms with Crippen molar-refractivity contribution in [3.63, 3.8) is 0 Å². The van der Waals surface area contributed by atoms with Crippen molar-refractivity contribution in [2.75, 3.05) is 0 Å². The molecule has 0 aliphatic heterocycles. The van der Waals surface area contributed by atoms with Crippen LogP contribution in [0.25, 0.3) is 0 Å². The lowest BCUT2D eigenvalue weighted by atomic mass is 10.1. The molecule has 0 bridgehead atoms. The van der Waals surface area contributed by atoms with Gasteiger partial charge in [-0.15, -0.1) is 0 Å². The van der Waals surface area contributed by atoms with Crippen LogP contribution in [0.15, 0.2) is 54.7 Å². The second kappa shape index (κ2) is 7.23. The molecule has 0 unspecified atom stereocenters. The van der Waals surface area contributed by atoms with Crippen molar-refractivity contribution in [3.8, 4) is 0 Å². The molecule has 23 heavy (non-hydrogen) atoms. The Morgan fingerprint density at radius 1 is 1.09 bits per heavy atom. The van der Waals surface area contributed by atoms with Gasteiger partial charge in [0.25, 0.3) is 0 Å². The van der Waals surface area contributed by atoms with Crippen molar-refractivity contribution in [1.82, 2.24) is 4.73 Å². The lowest BCUT2D eigenvalue weighted by molar-refractivity contribution is -0.148. The molecule has 2 aromatic rings. The molecule has 0 aliphatic carbocycles. The van der Waals surface area contributed by atoms with E-state index in [-0.39, 0.29) is 17.4 Å². The van der Waals surface area contributed by atoms with Gasteiger partial charge in [-0.2, -0.15) is 4.73 Å². The molecule has 5 heteroatoms. The lowest BCUT2D eigenvalue weighted by Crippen LogP contribution is -2.49. The van der Waals surface area contributed by atoms with Crippen molar-refractivity contribution in [2.24, 2.45) is 5.92 Å². The molecule has 0 radical (unpaired) electrons. The van der Waals surface area contributed by atoms with Crippen LogP contribution in [0.4, 0.5) is 0 Å². The van der Waals surface area contributed by atoms with Crippen LogP contribution >= 0.6 is 12.2 Å². The third kappa shape index (κ3) is 3.98. The van der Waals surface area contributed by atoms with E-state index in [1.807, 2.05) is 19.1 Å². The zero-order chi connectivity index (χ0) is 17.0. The van der Waals surface area contributed by atoms with Crippen LogP contribution in [0.1, 0.15) is 13.8 Å². The zero-order valence-electron chi connectivity index (χ0n) is 14.0. The summed E-state index contributed by atoms with van der Waals surface area (Å²) in [5.74, 6) is -0.435. The van der Waals surface area contributed by atoms with Gasteiger partial charge in [0.1, 0.15) is 4.64 Å². The van der Waals surface area contributed by atoms with E-state index >= 15 is 0 Å². The molecule has 0 spiro atoms. The number of rotatable bonds is 5. The number of aromatic nitrogens is 1. The van der Waals surface area contributed by atoms with E-state index in [9.17, 15) is 4.79 Å². The van der Waals surface area contributed by atoms with Gasteiger partial charge in [-0.05, 0) is 17.7 Å². The number of hydrogen-bond donors (Lipinski definition) is 0. The molecule has 2 atom stereocenters. The Morgan fingerprint density at radius 2 is 1.70 bits per heavy atom. The number of nitrogens with zero attached hydrogens (tertiary/aromatic N) is 1. The molecule has 0 saturated carbocycles. The Balaban J connectivity index is 2.16. The fraction of sp³-hybridized carbons (Fsp3) is 0.333. The van der Waals surface area contributed by atoms with E-state index in [2.05, 4.69) is 44.3 Å². The first-order valence-corrected chi connectivity index (χ1v) is 11.3. The topological polar surface area (TPSA) is 31.2 Å². The highest BCUT2D eigenvalue weighted by atomic mass is 32.1. The number of carbonyl (C=O) groups is 1. The largest absolute Gasteiger partial charge is 0.335 e. The molecule has 0 saturated heterocycles. The Labute approximate surface area is 143 Å². The molecule has 2 rings (SSSR count). The average Bonchev–Trinajstić information content (AvgIpc) is 2.56. The van der Waals surface area contributed by atoms with Crippen molar-refractivity contribution in [2.45, 2.75) is 32.5 Å². The fourth-order valence-corrected chi connectivity index (χ4v) is 5.77. The van der Waals surface area contributed by atoms with Gasteiger partial charge in [0, 0.05) is 6.20 Å². The van der Waals surface area contributed by atoms with Gasteiger partial charge < -0.3 is 4.84 Å². The first-order chi connectivity index (χ1) is 10.8. The van der Waals surface area contributed by atoms with Gasteiger partial charge in [0.2, 0.25) is 0 Å². The van der Waals surface area contributed by atoms with Crippen LogP contribution in [0.2, 0.25) is 18.6 Å². The zero-order valence-corrected chi connectivity index (χ0v) is 15.8. The monoisotopic (exact) mass is 345 g/mol. The van der Waals surface area contributed by atoms with Gasteiger partial charge in [0.15, 0.2) is 0 Å². The van der Waals surface area contributed by atoms with E-state index < -0.39 is 8.07 Å². The molecule has 0 fully saturated rings. The van der Waals surface area contributed by atoms with Gasteiger partial charge in [0.05, 0.1) is 14.0 Å². The van der Waals surface area contributed by atoms with Crippen LogP contribution in [-0.2, 0) is 4.79 Å². The third-order valence-electron chi connectivity index (χ3n) is 4.75. The van der Waals surface area contributed by atoms with Crippen LogP contribution in [0.5, 0.6) is 0 Å². The summed E-state index contributed by atoms with van der Waals surface area (Å²) in [6, 6.07) is 15.8. The Hall–Kier alpha value is -1.72. The summed E-state index contributed by atoms with van der Waals surface area (Å²) < 4.78 is 1.85. The molecular formula is C18H23NO2SSi. The van der Waals surface area contributed by atoms with Crippen molar-refractivity contribution >= 4 is 31.4 Å². The van der Waals surface area contributed by atoms with Gasteiger partial charge in [-0.25, -0.2) is 4.79 Å². The maximum atomic E-state index is 12.5. The normalized spacial score (nSPS) is 14.1. The number of carbonyl (C=O) groups excluding carboxylic acids is 1. The van der Waals surface area contributed by atoms with Crippen LogP contribution in [0.3, 0.4) is 0 Å². The average molecular weight is 346 g/mol. The van der Waals surface area contributed by atoms with E-state index in [0.29, 0.717) is 4.64 Å². The lowest BCUT2D eigenvalue weighted by Gasteiger charge is -2.33. The molecule has 0 amide bonds. The first-order valence-electron chi connectivity index (χ1n) is 7.79. The Bertz CT molecular complexity index is 727. The minimum Gasteiger partial charge on any atom is -0.335 e. The highest BCUT2D eigenvalue weighted by Gasteiger charge is 2.37. The molecular weight excluding hydrogens is 322 g/mol. The van der Waals surface area contributed by atoms with Crippen molar-refractivity contribution in [1.29, 1.82) is 0 Å². The molecule has 3 nitrogen and oxygen atoms in total. The van der Waals surface area contributed by atoms with Gasteiger partial charge >= 0.3 is 5.97 Å². The predicted molar refractivity (Wildman–Crippen MR) is 99.0 cm³/mol. The molecule has 1 aromatic heterocycles. The minimum absolute atomic E-state index is 0.195. The van der Waals surface area contributed by atoms with E-state index in [1.54, 1.807) is 18.3 Å². The van der Waals surface area contributed by atoms with Crippen molar-refractivity contribution < 1.29 is 9.63 Å². The summed E-state index contributed by atoms with van der Waals surface area (Å²) in [6.45, 7) is 8.68.